The largest absolute Gasteiger partial charge is 0.325 e. The molecule has 1 N–H and O–H groups in total. The lowest BCUT2D eigenvalue weighted by Crippen LogP contribution is -2.22. The Kier molecular flexibility index (Phi) is 5.63. The van der Waals surface area contributed by atoms with Crippen LogP contribution in [0.15, 0.2) is 65.7 Å². The van der Waals surface area contributed by atoms with Crippen LogP contribution in [0.2, 0.25) is 0 Å². The third-order valence-electron chi connectivity index (χ3n) is 3.66. The van der Waals surface area contributed by atoms with Crippen molar-refractivity contribution in [1.82, 2.24) is 9.97 Å². The molecule has 0 spiro atoms. The van der Waals surface area contributed by atoms with E-state index >= 15 is 0 Å². The van der Waals surface area contributed by atoms with Crippen molar-refractivity contribution in [2.45, 2.75) is 24.1 Å². The van der Waals surface area contributed by atoms with Crippen molar-refractivity contribution in [1.29, 1.82) is 0 Å². The Balaban J connectivity index is 1.72. The summed E-state index contributed by atoms with van der Waals surface area (Å²) in [6, 6.07) is 17.4. The first kappa shape index (κ1) is 18.1. The van der Waals surface area contributed by atoms with Crippen LogP contribution in [-0.2, 0) is 4.79 Å². The number of amides is 1. The first-order valence-electron chi connectivity index (χ1n) is 8.15. The van der Waals surface area contributed by atoms with Gasteiger partial charge < -0.3 is 5.32 Å². The monoisotopic (exact) mass is 367 g/mol. The number of thioether (sulfide) groups is 1. The molecular formula is C20H18FN3OS. The number of aryl methyl sites for hydroxylation is 1. The van der Waals surface area contributed by atoms with Gasteiger partial charge in [-0.1, -0.05) is 42.1 Å². The average Bonchev–Trinajstić information content (AvgIpc) is 2.64. The minimum atomic E-state index is -0.363. The van der Waals surface area contributed by atoms with Gasteiger partial charge in [0.25, 0.3) is 0 Å². The number of aromatic nitrogens is 2. The molecule has 1 heterocycles. The van der Waals surface area contributed by atoms with Gasteiger partial charge in [0.05, 0.1) is 10.9 Å². The van der Waals surface area contributed by atoms with E-state index in [1.54, 1.807) is 0 Å². The lowest BCUT2D eigenvalue weighted by molar-refractivity contribution is -0.115. The second-order valence-corrected chi connectivity index (χ2v) is 7.12. The van der Waals surface area contributed by atoms with Crippen molar-refractivity contribution in [3.63, 3.8) is 0 Å². The Bertz CT molecular complexity index is 901. The van der Waals surface area contributed by atoms with E-state index in [0.29, 0.717) is 11.5 Å². The maximum Gasteiger partial charge on any atom is 0.237 e. The Morgan fingerprint density at radius 2 is 1.77 bits per heavy atom. The molecule has 0 aliphatic rings. The van der Waals surface area contributed by atoms with Gasteiger partial charge in [-0.25, -0.2) is 14.4 Å². The molecule has 6 heteroatoms. The fraction of sp³-hybridized carbons (Fsp3) is 0.150. The molecule has 0 saturated heterocycles. The number of hydrogen-bond acceptors (Lipinski definition) is 4. The van der Waals surface area contributed by atoms with E-state index < -0.39 is 0 Å². The zero-order chi connectivity index (χ0) is 18.5. The normalized spacial score (nSPS) is 11.8. The molecule has 4 nitrogen and oxygen atoms in total. The van der Waals surface area contributed by atoms with Crippen LogP contribution in [-0.4, -0.2) is 21.1 Å². The highest BCUT2D eigenvalue weighted by Crippen LogP contribution is 2.26. The van der Waals surface area contributed by atoms with Crippen LogP contribution >= 0.6 is 11.8 Å². The fourth-order valence-electron chi connectivity index (χ4n) is 2.37. The molecule has 0 radical (unpaired) electrons. The Hall–Kier alpha value is -2.73. The van der Waals surface area contributed by atoms with Crippen molar-refractivity contribution >= 4 is 23.4 Å². The summed E-state index contributed by atoms with van der Waals surface area (Å²) < 4.78 is 13.0. The summed E-state index contributed by atoms with van der Waals surface area (Å²) in [6.45, 7) is 3.64. The molecule has 0 unspecified atom stereocenters. The van der Waals surface area contributed by atoms with Crippen LogP contribution in [0.3, 0.4) is 0 Å². The van der Waals surface area contributed by atoms with Crippen molar-refractivity contribution in [3.05, 3.63) is 72.3 Å². The highest BCUT2D eigenvalue weighted by atomic mass is 32.2. The third-order valence-corrected chi connectivity index (χ3v) is 4.68. The Morgan fingerprint density at radius 3 is 2.46 bits per heavy atom. The van der Waals surface area contributed by atoms with Gasteiger partial charge in [0.1, 0.15) is 16.7 Å². The van der Waals surface area contributed by atoms with Crippen molar-refractivity contribution < 1.29 is 9.18 Å². The second kappa shape index (κ2) is 8.10. The minimum Gasteiger partial charge on any atom is -0.325 e. The van der Waals surface area contributed by atoms with Gasteiger partial charge in [0.15, 0.2) is 0 Å². The standard InChI is InChI=1S/C20H18FN3OS/c1-13(20(25)24-17-10-8-16(21)9-11-17)26-19-12-18(22-14(2)23-19)15-6-4-3-5-7-15/h3-13H,1-2H3,(H,24,25)/t13-/m0/s1. The van der Waals surface area contributed by atoms with Crippen LogP contribution in [0.4, 0.5) is 10.1 Å². The van der Waals surface area contributed by atoms with Gasteiger partial charge in [-0.3, -0.25) is 4.79 Å². The summed E-state index contributed by atoms with van der Waals surface area (Å²) in [5, 5.41) is 3.15. The first-order valence-corrected chi connectivity index (χ1v) is 9.03. The predicted molar refractivity (Wildman–Crippen MR) is 103 cm³/mol. The highest BCUT2D eigenvalue weighted by molar-refractivity contribution is 8.00. The molecule has 132 valence electrons. The molecule has 26 heavy (non-hydrogen) atoms. The summed E-state index contributed by atoms with van der Waals surface area (Å²) in [4.78, 5) is 21.3. The number of hydrogen-bond donors (Lipinski definition) is 1. The average molecular weight is 367 g/mol. The summed E-state index contributed by atoms with van der Waals surface area (Å²) >= 11 is 1.36. The van der Waals surface area contributed by atoms with Gasteiger partial charge in [-0.15, -0.1) is 0 Å². The zero-order valence-electron chi connectivity index (χ0n) is 14.4. The van der Waals surface area contributed by atoms with Gasteiger partial charge in [0.2, 0.25) is 5.91 Å². The zero-order valence-corrected chi connectivity index (χ0v) is 15.3. The fourth-order valence-corrected chi connectivity index (χ4v) is 3.26. The van der Waals surface area contributed by atoms with Crippen LogP contribution in [0, 0.1) is 12.7 Å². The molecule has 3 rings (SSSR count). The molecule has 1 atom stereocenters. The predicted octanol–water partition coefficient (Wildman–Crippen LogP) is 4.71. The topological polar surface area (TPSA) is 54.9 Å². The van der Waals surface area contributed by atoms with Gasteiger partial charge in [-0.2, -0.15) is 0 Å². The number of anilines is 1. The van der Waals surface area contributed by atoms with Crippen molar-refractivity contribution in [2.24, 2.45) is 0 Å². The number of nitrogens with zero attached hydrogens (tertiary/aromatic N) is 2. The lowest BCUT2D eigenvalue weighted by atomic mass is 10.1. The molecule has 2 aromatic carbocycles. The minimum absolute atomic E-state index is 0.167. The van der Waals surface area contributed by atoms with E-state index in [-0.39, 0.29) is 17.0 Å². The molecule has 0 aliphatic heterocycles. The summed E-state index contributed by atoms with van der Waals surface area (Å²) in [7, 11) is 0. The van der Waals surface area contributed by atoms with Crippen LogP contribution in [0.5, 0.6) is 0 Å². The number of rotatable bonds is 5. The van der Waals surface area contributed by atoms with Gasteiger partial charge in [-0.05, 0) is 44.2 Å². The third kappa shape index (κ3) is 4.67. The van der Waals surface area contributed by atoms with Crippen LogP contribution in [0.25, 0.3) is 11.3 Å². The molecule has 0 bridgehead atoms. The maximum absolute atomic E-state index is 13.0. The molecule has 0 aliphatic carbocycles. The molecular weight excluding hydrogens is 349 g/mol. The number of nitrogens with one attached hydrogen (secondary N) is 1. The summed E-state index contributed by atoms with van der Waals surface area (Å²) in [6.07, 6.45) is 0. The molecule has 0 saturated carbocycles. The maximum atomic E-state index is 13.0. The molecule has 1 aromatic heterocycles. The van der Waals surface area contributed by atoms with E-state index in [1.165, 1.54) is 36.0 Å². The second-order valence-electron chi connectivity index (χ2n) is 5.76. The smallest absolute Gasteiger partial charge is 0.237 e. The first-order chi connectivity index (χ1) is 12.5. The number of carbonyl (C=O) groups is 1. The van der Waals surface area contributed by atoms with Gasteiger partial charge >= 0.3 is 0 Å². The highest BCUT2D eigenvalue weighted by Gasteiger charge is 2.16. The molecule has 3 aromatic rings. The van der Waals surface area contributed by atoms with Crippen LogP contribution < -0.4 is 5.32 Å². The van der Waals surface area contributed by atoms with Crippen molar-refractivity contribution in [2.75, 3.05) is 5.32 Å². The molecule has 0 fully saturated rings. The Labute approximate surface area is 155 Å². The number of halogens is 1. The summed E-state index contributed by atoms with van der Waals surface area (Å²) in [5.41, 5.74) is 2.39. The SMILES string of the molecule is Cc1nc(S[C@@H](C)C(=O)Nc2ccc(F)cc2)cc(-c2ccccc2)n1. The quantitative estimate of drug-likeness (QED) is 0.524. The number of carbonyl (C=O) groups excluding carboxylic acids is 1. The van der Waals surface area contributed by atoms with E-state index in [4.69, 9.17) is 0 Å². The van der Waals surface area contributed by atoms with Gasteiger partial charge in [0, 0.05) is 11.3 Å². The van der Waals surface area contributed by atoms with E-state index in [0.717, 1.165) is 16.3 Å². The molecule has 1 amide bonds. The van der Waals surface area contributed by atoms with Crippen LogP contribution in [0.1, 0.15) is 12.7 Å². The van der Waals surface area contributed by atoms with E-state index in [1.807, 2.05) is 50.2 Å². The Morgan fingerprint density at radius 1 is 1.08 bits per heavy atom. The van der Waals surface area contributed by atoms with Crippen molar-refractivity contribution in [3.8, 4) is 11.3 Å². The van der Waals surface area contributed by atoms with E-state index in [9.17, 15) is 9.18 Å². The number of benzene rings is 2. The van der Waals surface area contributed by atoms with E-state index in [2.05, 4.69) is 15.3 Å². The summed E-state index contributed by atoms with van der Waals surface area (Å²) in [5.74, 6) is 0.148. The lowest BCUT2D eigenvalue weighted by Gasteiger charge is -2.12.